The van der Waals surface area contributed by atoms with Crippen LogP contribution in [-0.4, -0.2) is 81.1 Å². The van der Waals surface area contributed by atoms with Crippen molar-refractivity contribution in [3.05, 3.63) is 64.1 Å². The molecule has 0 radical (unpaired) electrons. The third kappa shape index (κ3) is 7.60. The number of carbonyl (C=O) groups excluding carboxylic acids is 2. The van der Waals surface area contributed by atoms with Crippen molar-refractivity contribution in [1.29, 1.82) is 0 Å². The number of aryl methyl sites for hydroxylation is 1. The summed E-state index contributed by atoms with van der Waals surface area (Å²) in [7, 11) is -0.845. The number of amides is 3. The van der Waals surface area contributed by atoms with Gasteiger partial charge in [-0.05, 0) is 43.5 Å². The number of methoxy groups -OCH3 is 1. The van der Waals surface area contributed by atoms with E-state index in [2.05, 4.69) is 28.7 Å². The van der Waals surface area contributed by atoms with Crippen LogP contribution in [0.4, 0.5) is 4.79 Å². The predicted octanol–water partition coefficient (Wildman–Crippen LogP) is 1.91. The number of hydrogen-bond acceptors (Lipinski definition) is 6. The first kappa shape index (κ1) is 31.1. The SMILES string of the molecule is C=c1/c(=C\C=C(/C)NC(=O)CN(CCN(C)C(=O)NCCOC)S(=O)(=O)c2cccs2)n(CC)c2ccccc12. The van der Waals surface area contributed by atoms with E-state index in [0.29, 0.717) is 18.8 Å². The van der Waals surface area contributed by atoms with Crippen LogP contribution < -0.4 is 21.2 Å². The lowest BCUT2D eigenvalue weighted by Crippen LogP contribution is -2.46. The van der Waals surface area contributed by atoms with E-state index in [9.17, 15) is 18.0 Å². The van der Waals surface area contributed by atoms with Crippen LogP contribution >= 0.6 is 11.3 Å². The van der Waals surface area contributed by atoms with E-state index in [-0.39, 0.29) is 23.3 Å². The van der Waals surface area contributed by atoms with Crippen LogP contribution in [0, 0.1) is 0 Å². The minimum atomic E-state index is -3.94. The van der Waals surface area contributed by atoms with Crippen molar-refractivity contribution < 1.29 is 22.7 Å². The van der Waals surface area contributed by atoms with E-state index < -0.39 is 22.5 Å². The van der Waals surface area contributed by atoms with Crippen LogP contribution in [0.1, 0.15) is 13.8 Å². The molecule has 0 saturated heterocycles. The van der Waals surface area contributed by atoms with Gasteiger partial charge >= 0.3 is 6.03 Å². The number of urea groups is 1. The zero-order valence-electron chi connectivity index (χ0n) is 23.3. The molecule has 0 bridgehead atoms. The number of sulfonamides is 1. The van der Waals surface area contributed by atoms with Crippen molar-refractivity contribution in [2.24, 2.45) is 0 Å². The molecule has 12 heteroatoms. The maximum Gasteiger partial charge on any atom is 0.317 e. The lowest BCUT2D eigenvalue weighted by atomic mass is 10.2. The van der Waals surface area contributed by atoms with E-state index >= 15 is 0 Å². The highest BCUT2D eigenvalue weighted by Crippen LogP contribution is 2.20. The third-order valence-electron chi connectivity index (χ3n) is 6.29. The molecule has 3 amide bonds. The molecule has 0 aliphatic rings. The number of allylic oxidation sites excluding steroid dienone is 2. The molecule has 0 spiro atoms. The molecule has 0 fully saturated rings. The number of nitrogens with one attached hydrogen (secondary N) is 2. The number of benzene rings is 1. The van der Waals surface area contributed by atoms with Gasteiger partial charge in [0, 0.05) is 67.5 Å². The second-order valence-corrected chi connectivity index (χ2v) is 12.2. The number of thiophene rings is 1. The van der Waals surface area contributed by atoms with Crippen molar-refractivity contribution in [1.82, 2.24) is 24.4 Å². The summed E-state index contributed by atoms with van der Waals surface area (Å²) in [6.45, 7) is 9.12. The summed E-state index contributed by atoms with van der Waals surface area (Å²) < 4.78 is 34.9. The summed E-state index contributed by atoms with van der Waals surface area (Å²) >= 11 is 1.07. The molecule has 10 nitrogen and oxygen atoms in total. The van der Waals surface area contributed by atoms with Gasteiger partial charge in [0.05, 0.1) is 13.2 Å². The summed E-state index contributed by atoms with van der Waals surface area (Å²) in [6.07, 6.45) is 3.68. The lowest BCUT2D eigenvalue weighted by molar-refractivity contribution is -0.120. The monoisotopic (exact) mass is 587 g/mol. The Kier molecular flexibility index (Phi) is 11.1. The first-order valence-corrected chi connectivity index (χ1v) is 15.2. The van der Waals surface area contributed by atoms with E-state index in [4.69, 9.17) is 4.74 Å². The van der Waals surface area contributed by atoms with Crippen LogP contribution in [0.2, 0.25) is 0 Å². The fourth-order valence-corrected chi connectivity index (χ4v) is 6.70. The Hall–Kier alpha value is -3.45. The minimum absolute atomic E-state index is 0.0573. The molecular weight excluding hydrogens is 550 g/mol. The Morgan fingerprint density at radius 2 is 1.93 bits per heavy atom. The molecule has 0 aliphatic carbocycles. The summed E-state index contributed by atoms with van der Waals surface area (Å²) in [5.74, 6) is -0.486. The Bertz CT molecular complexity index is 1560. The highest BCUT2D eigenvalue weighted by molar-refractivity contribution is 7.91. The second-order valence-electron chi connectivity index (χ2n) is 9.11. The van der Waals surface area contributed by atoms with E-state index in [1.807, 2.05) is 30.3 Å². The molecule has 3 aromatic rings. The number of nitrogens with zero attached hydrogens (tertiary/aromatic N) is 3. The lowest BCUT2D eigenvalue weighted by Gasteiger charge is -2.24. The van der Waals surface area contributed by atoms with E-state index in [0.717, 1.165) is 43.7 Å². The number of fused-ring (bicyclic) bond motifs is 1. The Labute approximate surface area is 239 Å². The zero-order valence-corrected chi connectivity index (χ0v) is 25.0. The molecule has 40 heavy (non-hydrogen) atoms. The first-order valence-electron chi connectivity index (χ1n) is 12.9. The van der Waals surface area contributed by atoms with Crippen molar-refractivity contribution in [2.45, 2.75) is 24.6 Å². The molecule has 2 aromatic heterocycles. The van der Waals surface area contributed by atoms with Gasteiger partial charge in [0.2, 0.25) is 5.91 Å². The number of rotatable bonds is 13. The van der Waals surface area contributed by atoms with Crippen molar-refractivity contribution in [3.8, 4) is 0 Å². The molecule has 3 rings (SSSR count). The Morgan fingerprint density at radius 1 is 1.18 bits per heavy atom. The number of para-hydroxylation sites is 1. The molecule has 2 heterocycles. The summed E-state index contributed by atoms with van der Waals surface area (Å²) in [5, 5.41) is 10.0. The van der Waals surface area contributed by atoms with Gasteiger partial charge in [-0.1, -0.05) is 30.8 Å². The van der Waals surface area contributed by atoms with E-state index in [1.165, 1.54) is 18.1 Å². The summed E-state index contributed by atoms with van der Waals surface area (Å²) in [4.78, 5) is 26.6. The van der Waals surface area contributed by atoms with Gasteiger partial charge in [-0.2, -0.15) is 4.31 Å². The fraction of sp³-hybridized carbons (Fsp3) is 0.357. The average Bonchev–Trinajstić information content (AvgIpc) is 3.57. The molecule has 0 saturated carbocycles. The van der Waals surface area contributed by atoms with Gasteiger partial charge < -0.3 is 24.8 Å². The fourth-order valence-electron chi connectivity index (χ4n) is 4.17. The molecule has 0 aliphatic heterocycles. The third-order valence-corrected chi connectivity index (χ3v) is 9.51. The van der Waals surface area contributed by atoms with Crippen LogP contribution in [0.5, 0.6) is 0 Å². The average molecular weight is 588 g/mol. The first-order chi connectivity index (χ1) is 19.1. The van der Waals surface area contributed by atoms with Crippen molar-refractivity contribution in [2.75, 3.05) is 46.9 Å². The molecule has 2 N–H and O–H groups in total. The number of aromatic nitrogens is 1. The Morgan fingerprint density at radius 3 is 2.60 bits per heavy atom. The zero-order chi connectivity index (χ0) is 29.3. The van der Waals surface area contributed by atoms with Gasteiger partial charge in [-0.15, -0.1) is 11.3 Å². The predicted molar refractivity (Wildman–Crippen MR) is 160 cm³/mol. The summed E-state index contributed by atoms with van der Waals surface area (Å²) in [6, 6.07) is 10.8. The molecule has 216 valence electrons. The highest BCUT2D eigenvalue weighted by atomic mass is 32.2. The van der Waals surface area contributed by atoms with Crippen LogP contribution in [-0.2, 0) is 26.1 Å². The van der Waals surface area contributed by atoms with Gasteiger partial charge in [0.25, 0.3) is 10.0 Å². The quantitative estimate of drug-likeness (QED) is 0.297. The standard InChI is InChI=1S/C28H37N5O5S2/c1-6-33-24(22(3)23-10-7-8-11-25(23)33)14-13-21(2)30-26(34)20-32(40(36,37)27-12-9-19-39-27)17-16-31(4)28(35)29-15-18-38-5/h7-14,19H,3,6,15-18,20H2,1-2,4-5H3,(H,29,35)(H,30,34)/b21-13+,24-14+. The number of carbonyl (C=O) groups is 2. The van der Waals surface area contributed by atoms with Gasteiger partial charge in [0.1, 0.15) is 4.21 Å². The molecule has 0 unspecified atom stereocenters. The molecule has 0 atom stereocenters. The Balaban J connectivity index is 1.76. The number of ether oxygens (including phenoxy) is 1. The van der Waals surface area contributed by atoms with Gasteiger partial charge in [-0.25, -0.2) is 13.2 Å². The molecule has 1 aromatic carbocycles. The minimum Gasteiger partial charge on any atom is -0.383 e. The van der Waals surface area contributed by atoms with Gasteiger partial charge in [-0.3, -0.25) is 4.79 Å². The number of likely N-dealkylation sites (N-methyl/N-ethyl adjacent to an activating group) is 1. The van der Waals surface area contributed by atoms with Crippen LogP contribution in [0.15, 0.2) is 57.8 Å². The summed E-state index contributed by atoms with van der Waals surface area (Å²) in [5.41, 5.74) is 1.64. The second kappa shape index (κ2) is 14.3. The van der Waals surface area contributed by atoms with Gasteiger partial charge in [0.15, 0.2) is 0 Å². The number of hydrogen-bond donors (Lipinski definition) is 2. The highest BCUT2D eigenvalue weighted by Gasteiger charge is 2.28. The van der Waals surface area contributed by atoms with Crippen molar-refractivity contribution >= 4 is 56.9 Å². The molecular formula is C28H37N5O5S2. The smallest absolute Gasteiger partial charge is 0.317 e. The topological polar surface area (TPSA) is 113 Å². The normalized spacial score (nSPS) is 12.7. The maximum absolute atomic E-state index is 13.3. The van der Waals surface area contributed by atoms with E-state index in [1.54, 1.807) is 31.5 Å². The maximum atomic E-state index is 13.3. The van der Waals surface area contributed by atoms with Crippen LogP contribution in [0.3, 0.4) is 0 Å². The largest absolute Gasteiger partial charge is 0.383 e. The van der Waals surface area contributed by atoms with Crippen molar-refractivity contribution in [3.63, 3.8) is 0 Å². The van der Waals surface area contributed by atoms with Crippen LogP contribution in [0.25, 0.3) is 23.6 Å².